The number of carbonyl (C=O) groups excluding carboxylic acids is 3. The van der Waals surface area contributed by atoms with Crippen LogP contribution in [0.1, 0.15) is 32.6 Å². The molecule has 7 heteroatoms. The topological polar surface area (TPSA) is 77.5 Å². The molecule has 2 amide bonds. The first-order valence-corrected chi connectivity index (χ1v) is 11.7. The molecule has 1 heterocycles. The van der Waals surface area contributed by atoms with Crippen LogP contribution in [0.2, 0.25) is 0 Å². The fourth-order valence-electron chi connectivity index (χ4n) is 5.67. The van der Waals surface area contributed by atoms with Crippen molar-refractivity contribution in [3.05, 3.63) is 101 Å². The molecule has 3 aromatic rings. The van der Waals surface area contributed by atoms with Crippen molar-refractivity contribution >= 4 is 55.3 Å². The fraction of sp³-hybridized carbons (Fsp3) is 0.160. The molecule has 3 aromatic carbocycles. The monoisotopic (exact) mass is 550 g/mol. The number of alkyl halides is 2. The molecule has 5 nitrogen and oxygen atoms in total. The van der Waals surface area contributed by atoms with Crippen molar-refractivity contribution in [1.82, 2.24) is 0 Å². The van der Waals surface area contributed by atoms with Crippen molar-refractivity contribution in [2.75, 3.05) is 4.90 Å². The van der Waals surface area contributed by atoms with Gasteiger partial charge < -0.3 is 9.90 Å². The average molecular weight is 552 g/mol. The van der Waals surface area contributed by atoms with Gasteiger partial charge in [-0.15, -0.1) is 0 Å². The van der Waals surface area contributed by atoms with Crippen LogP contribution >= 0.6 is 31.9 Å². The lowest BCUT2D eigenvalue weighted by Gasteiger charge is -2.55. The second-order valence-electron chi connectivity index (χ2n) is 8.32. The van der Waals surface area contributed by atoms with Gasteiger partial charge in [-0.1, -0.05) is 92.5 Å². The number of anilines is 1. The number of carboxylic acid groups (broad SMARTS) is 1. The predicted octanol–water partition coefficient (Wildman–Crippen LogP) is 3.46. The molecule has 1 aliphatic heterocycles. The van der Waals surface area contributed by atoms with Gasteiger partial charge in [0.2, 0.25) is 11.8 Å². The van der Waals surface area contributed by atoms with Gasteiger partial charge >= 0.3 is 0 Å². The van der Waals surface area contributed by atoms with Crippen LogP contribution in [0.4, 0.5) is 5.69 Å². The second-order valence-corrected chi connectivity index (χ2v) is 10.8. The fourth-order valence-corrected chi connectivity index (χ4v) is 7.97. The van der Waals surface area contributed by atoms with Gasteiger partial charge in [0.15, 0.2) is 0 Å². The molecule has 1 fully saturated rings. The van der Waals surface area contributed by atoms with Gasteiger partial charge in [-0.2, -0.15) is 0 Å². The van der Waals surface area contributed by atoms with Gasteiger partial charge in [0.25, 0.3) is 0 Å². The third-order valence-electron chi connectivity index (χ3n) is 6.95. The van der Waals surface area contributed by atoms with Crippen LogP contribution in [-0.2, 0) is 18.2 Å². The Morgan fingerprint density at radius 3 is 1.44 bits per heavy atom. The highest BCUT2D eigenvalue weighted by Crippen LogP contribution is 2.70. The Labute approximate surface area is 200 Å². The van der Waals surface area contributed by atoms with E-state index in [-0.39, 0.29) is 17.4 Å². The smallest absolute Gasteiger partial charge is 0.239 e. The molecule has 3 aliphatic carbocycles. The summed E-state index contributed by atoms with van der Waals surface area (Å²) in [6.07, 6.45) is 0. The molecule has 0 aromatic heterocycles. The SMILES string of the molecule is O=C([O-])c1ccc(N2C(=O)[C@@H]3[C@@H](C2=O)C2(Br)c4ccccc4C3(Br)c3ccccc32)cc1. The van der Waals surface area contributed by atoms with Crippen LogP contribution in [0.25, 0.3) is 0 Å². The van der Waals surface area contributed by atoms with E-state index in [1.54, 1.807) is 0 Å². The summed E-state index contributed by atoms with van der Waals surface area (Å²) < 4.78 is -1.71. The quantitative estimate of drug-likeness (QED) is 0.361. The van der Waals surface area contributed by atoms with Crippen molar-refractivity contribution in [3.63, 3.8) is 0 Å². The number of halogens is 2. The molecule has 7 rings (SSSR count). The van der Waals surface area contributed by atoms with E-state index in [2.05, 4.69) is 31.9 Å². The molecule has 158 valence electrons. The summed E-state index contributed by atoms with van der Waals surface area (Å²) in [7, 11) is 0. The van der Waals surface area contributed by atoms with Gasteiger partial charge in [0.1, 0.15) is 0 Å². The Hall–Kier alpha value is -2.77. The molecule has 1 saturated heterocycles. The maximum absolute atomic E-state index is 13.9. The van der Waals surface area contributed by atoms with Gasteiger partial charge in [-0.05, 0) is 39.9 Å². The highest BCUT2D eigenvalue weighted by Gasteiger charge is 2.72. The summed E-state index contributed by atoms with van der Waals surface area (Å²) in [5.74, 6) is -3.27. The lowest BCUT2D eigenvalue weighted by Crippen LogP contribution is -2.56. The largest absolute Gasteiger partial charge is 0.545 e. The number of carbonyl (C=O) groups is 3. The highest BCUT2D eigenvalue weighted by atomic mass is 79.9. The van der Waals surface area contributed by atoms with Gasteiger partial charge in [-0.3, -0.25) is 9.59 Å². The van der Waals surface area contributed by atoms with Crippen LogP contribution in [0.5, 0.6) is 0 Å². The van der Waals surface area contributed by atoms with Crippen LogP contribution in [0, 0.1) is 11.8 Å². The van der Waals surface area contributed by atoms with Gasteiger partial charge in [-0.25, -0.2) is 4.90 Å². The van der Waals surface area contributed by atoms with E-state index < -0.39 is 26.5 Å². The van der Waals surface area contributed by atoms with Crippen molar-refractivity contribution in [1.29, 1.82) is 0 Å². The zero-order chi connectivity index (χ0) is 22.4. The Kier molecular flexibility index (Phi) is 3.97. The van der Waals surface area contributed by atoms with Crippen molar-refractivity contribution in [2.45, 2.75) is 8.65 Å². The number of hydrogen-bond donors (Lipinski definition) is 0. The molecule has 4 aliphatic rings. The third kappa shape index (κ3) is 2.16. The first-order valence-electron chi connectivity index (χ1n) is 10.1. The number of aromatic carboxylic acids is 1. The zero-order valence-corrected chi connectivity index (χ0v) is 19.6. The summed E-state index contributed by atoms with van der Waals surface area (Å²) >= 11 is 7.91. The van der Waals surface area contributed by atoms with Crippen LogP contribution < -0.4 is 10.0 Å². The van der Waals surface area contributed by atoms with E-state index in [4.69, 9.17) is 0 Å². The van der Waals surface area contributed by atoms with Gasteiger partial charge in [0.05, 0.1) is 32.1 Å². The molecule has 2 bridgehead atoms. The normalized spacial score (nSPS) is 29.5. The van der Waals surface area contributed by atoms with E-state index >= 15 is 0 Å². The van der Waals surface area contributed by atoms with Crippen molar-refractivity contribution in [2.24, 2.45) is 11.8 Å². The minimum absolute atomic E-state index is 0.0148. The average Bonchev–Trinajstić information content (AvgIpc) is 3.08. The molecule has 32 heavy (non-hydrogen) atoms. The first-order chi connectivity index (χ1) is 15.3. The minimum atomic E-state index is -1.31. The number of nitrogens with zero attached hydrogens (tertiary/aromatic N) is 1. The van der Waals surface area contributed by atoms with Crippen molar-refractivity contribution in [3.8, 4) is 0 Å². The summed E-state index contributed by atoms with van der Waals surface area (Å²) in [4.78, 5) is 40.0. The van der Waals surface area contributed by atoms with Crippen LogP contribution in [-0.4, -0.2) is 17.8 Å². The predicted molar refractivity (Wildman–Crippen MR) is 123 cm³/mol. The summed E-state index contributed by atoms with van der Waals surface area (Å²) in [6.45, 7) is 0. The molecule has 0 saturated carbocycles. The molecular weight excluding hydrogens is 538 g/mol. The maximum Gasteiger partial charge on any atom is 0.239 e. The van der Waals surface area contributed by atoms with E-state index in [0.717, 1.165) is 22.3 Å². The summed E-state index contributed by atoms with van der Waals surface area (Å²) in [5, 5.41) is 11.1. The molecule has 0 N–H and O–H groups in total. The Bertz CT molecular complexity index is 1230. The molecule has 0 spiro atoms. The van der Waals surface area contributed by atoms with E-state index in [0.29, 0.717) is 5.69 Å². The molecule has 2 atom stereocenters. The molecule has 0 unspecified atom stereocenters. The number of imide groups is 1. The number of hydrogen-bond acceptors (Lipinski definition) is 4. The maximum atomic E-state index is 13.9. The zero-order valence-electron chi connectivity index (χ0n) is 16.4. The highest BCUT2D eigenvalue weighted by molar-refractivity contribution is 9.10. The number of rotatable bonds is 2. The van der Waals surface area contributed by atoms with Crippen LogP contribution in [0.3, 0.4) is 0 Å². The third-order valence-corrected chi connectivity index (χ3v) is 9.64. The Morgan fingerprint density at radius 1 is 0.719 bits per heavy atom. The summed E-state index contributed by atoms with van der Waals surface area (Å²) in [6, 6.07) is 21.4. The minimum Gasteiger partial charge on any atom is -0.545 e. The lowest BCUT2D eigenvalue weighted by molar-refractivity contribution is -0.255. The number of benzene rings is 3. The lowest BCUT2D eigenvalue weighted by atomic mass is 9.54. The van der Waals surface area contributed by atoms with Gasteiger partial charge in [0, 0.05) is 0 Å². The van der Waals surface area contributed by atoms with Crippen LogP contribution in [0.15, 0.2) is 72.8 Å². The standard InChI is InChI=1S/C25H15Br2NO4/c26-24-15-5-1-2-6-16(15)25(27,18-8-4-3-7-17(18)24)20-19(24)21(29)28(22(20)30)14-11-9-13(10-12-14)23(31)32/h1-12,19-20H,(H,31,32)/p-1/t19-,20-,24?,25?/m0/s1. The Morgan fingerprint density at radius 2 is 1.09 bits per heavy atom. The second kappa shape index (κ2) is 6.39. The van der Waals surface area contributed by atoms with Crippen molar-refractivity contribution < 1.29 is 19.5 Å². The first kappa shape index (κ1) is 19.9. The Balaban J connectivity index is 1.60. The summed E-state index contributed by atoms with van der Waals surface area (Å²) in [5.41, 5.74) is 4.19. The number of carboxylic acids is 1. The number of amides is 2. The van der Waals surface area contributed by atoms with E-state index in [9.17, 15) is 19.5 Å². The van der Waals surface area contributed by atoms with E-state index in [1.807, 2.05) is 48.5 Å². The van der Waals surface area contributed by atoms with E-state index in [1.165, 1.54) is 29.2 Å². The molecular formula is C25H14Br2NO4-. The molecule has 0 radical (unpaired) electrons.